The first-order chi connectivity index (χ1) is 11.6. The summed E-state index contributed by atoms with van der Waals surface area (Å²) in [6.07, 6.45) is 0.206. The summed E-state index contributed by atoms with van der Waals surface area (Å²) in [5.41, 5.74) is -0.192. The lowest BCUT2D eigenvalue weighted by molar-refractivity contribution is -0.152. The van der Waals surface area contributed by atoms with Crippen LogP contribution in [-0.4, -0.2) is 50.0 Å². The second-order valence-electron chi connectivity index (χ2n) is 6.27. The van der Waals surface area contributed by atoms with Crippen molar-refractivity contribution in [1.29, 1.82) is 0 Å². The van der Waals surface area contributed by atoms with Gasteiger partial charge in [0.1, 0.15) is 12.1 Å². The van der Waals surface area contributed by atoms with Gasteiger partial charge in [-0.05, 0) is 18.4 Å². The van der Waals surface area contributed by atoms with Gasteiger partial charge in [0.05, 0.1) is 20.3 Å². The van der Waals surface area contributed by atoms with Crippen molar-refractivity contribution in [3.05, 3.63) is 35.9 Å². The molecule has 2 unspecified atom stereocenters. The number of fused-ring (bicyclic) bond motifs is 2. The summed E-state index contributed by atoms with van der Waals surface area (Å²) in [7, 11) is 1.33. The number of carbonyl (C=O) groups is 2. The van der Waals surface area contributed by atoms with Crippen molar-refractivity contribution in [1.82, 2.24) is 10.6 Å². The Kier molecular flexibility index (Phi) is 5.01. The number of morpholine rings is 1. The highest BCUT2D eigenvalue weighted by Gasteiger charge is 2.50. The number of hydrogen-bond acceptors (Lipinski definition) is 6. The Bertz CT molecular complexity index is 580. The highest BCUT2D eigenvalue weighted by atomic mass is 16.6. The third kappa shape index (κ3) is 3.68. The van der Waals surface area contributed by atoms with E-state index in [9.17, 15) is 9.59 Å². The number of rotatable bonds is 4. The van der Waals surface area contributed by atoms with Gasteiger partial charge in [0.15, 0.2) is 0 Å². The molecule has 0 aliphatic carbocycles. The molecule has 2 atom stereocenters. The van der Waals surface area contributed by atoms with Crippen LogP contribution in [0.2, 0.25) is 0 Å². The van der Waals surface area contributed by atoms with Gasteiger partial charge in [-0.15, -0.1) is 0 Å². The van der Waals surface area contributed by atoms with E-state index >= 15 is 0 Å². The number of carbonyl (C=O) groups excluding carboxylic acids is 2. The lowest BCUT2D eigenvalue weighted by Gasteiger charge is -2.45. The monoisotopic (exact) mass is 334 g/mol. The molecule has 0 aromatic heterocycles. The molecule has 2 aliphatic heterocycles. The summed E-state index contributed by atoms with van der Waals surface area (Å²) in [6.45, 7) is 1.17. The summed E-state index contributed by atoms with van der Waals surface area (Å²) in [5, 5.41) is 6.14. The van der Waals surface area contributed by atoms with Crippen LogP contribution in [0.5, 0.6) is 0 Å². The molecule has 2 saturated heterocycles. The lowest BCUT2D eigenvalue weighted by Crippen LogP contribution is -2.68. The molecule has 1 aromatic rings. The Morgan fingerprint density at radius 1 is 1.25 bits per heavy atom. The summed E-state index contributed by atoms with van der Waals surface area (Å²) in [6, 6.07) is 9.40. The molecule has 1 aromatic carbocycles. The van der Waals surface area contributed by atoms with Crippen LogP contribution in [0.25, 0.3) is 0 Å². The number of benzene rings is 1. The Hall–Kier alpha value is -2.12. The third-order valence-electron chi connectivity index (χ3n) is 4.43. The molecule has 2 N–H and O–H groups in total. The van der Waals surface area contributed by atoms with Crippen molar-refractivity contribution in [3.8, 4) is 0 Å². The van der Waals surface area contributed by atoms with Gasteiger partial charge >= 0.3 is 12.1 Å². The van der Waals surface area contributed by atoms with Crippen LogP contribution in [0.1, 0.15) is 18.4 Å². The molecule has 7 heteroatoms. The lowest BCUT2D eigenvalue weighted by atomic mass is 9.80. The number of alkyl carbamates (subject to hydrolysis) is 1. The Balaban J connectivity index is 1.66. The average molecular weight is 334 g/mol. The van der Waals surface area contributed by atoms with Gasteiger partial charge < -0.3 is 24.8 Å². The predicted molar refractivity (Wildman–Crippen MR) is 85.3 cm³/mol. The van der Waals surface area contributed by atoms with E-state index in [-0.39, 0.29) is 18.7 Å². The minimum Gasteiger partial charge on any atom is -0.467 e. The molecule has 2 heterocycles. The normalized spacial score (nSPS) is 28.7. The van der Waals surface area contributed by atoms with Crippen molar-refractivity contribution < 1.29 is 23.8 Å². The largest absolute Gasteiger partial charge is 0.467 e. The van der Waals surface area contributed by atoms with Gasteiger partial charge in [0.2, 0.25) is 0 Å². The maximum absolute atomic E-state index is 12.4. The minimum atomic E-state index is -1.08. The van der Waals surface area contributed by atoms with Crippen LogP contribution >= 0.6 is 0 Å². The Morgan fingerprint density at radius 3 is 2.54 bits per heavy atom. The second-order valence-corrected chi connectivity index (χ2v) is 6.27. The number of ether oxygens (including phenoxy) is 3. The molecule has 2 bridgehead atoms. The average Bonchev–Trinajstić information content (AvgIpc) is 2.60. The van der Waals surface area contributed by atoms with Crippen molar-refractivity contribution in [2.24, 2.45) is 0 Å². The molecule has 0 radical (unpaired) electrons. The van der Waals surface area contributed by atoms with Gasteiger partial charge in [-0.2, -0.15) is 0 Å². The third-order valence-corrected chi connectivity index (χ3v) is 4.43. The molecule has 0 saturated carbocycles. The Labute approximate surface area is 140 Å². The Morgan fingerprint density at radius 2 is 1.92 bits per heavy atom. The topological polar surface area (TPSA) is 85.9 Å². The second kappa shape index (κ2) is 7.19. The fourth-order valence-corrected chi connectivity index (χ4v) is 3.41. The quantitative estimate of drug-likeness (QED) is 0.798. The maximum Gasteiger partial charge on any atom is 0.408 e. The predicted octanol–water partition coefficient (Wildman–Crippen LogP) is 0.975. The fourth-order valence-electron chi connectivity index (χ4n) is 3.41. The molecule has 2 aliphatic rings. The zero-order valence-electron chi connectivity index (χ0n) is 13.6. The molecular weight excluding hydrogens is 312 g/mol. The number of nitrogens with one attached hydrogen (secondary N) is 2. The fraction of sp³-hybridized carbons (Fsp3) is 0.529. The van der Waals surface area contributed by atoms with E-state index in [1.807, 2.05) is 30.3 Å². The first kappa shape index (κ1) is 16.7. The van der Waals surface area contributed by atoms with Crippen LogP contribution in [-0.2, 0) is 25.6 Å². The van der Waals surface area contributed by atoms with Crippen LogP contribution in [0, 0.1) is 0 Å². The van der Waals surface area contributed by atoms with Crippen molar-refractivity contribution in [2.75, 3.05) is 20.3 Å². The molecule has 3 rings (SSSR count). The summed E-state index contributed by atoms with van der Waals surface area (Å²) >= 11 is 0. The van der Waals surface area contributed by atoms with Gasteiger partial charge in [-0.3, -0.25) is 0 Å². The van der Waals surface area contributed by atoms with E-state index in [4.69, 9.17) is 14.2 Å². The smallest absolute Gasteiger partial charge is 0.408 e. The van der Waals surface area contributed by atoms with Crippen LogP contribution in [0.4, 0.5) is 4.79 Å². The molecule has 7 nitrogen and oxygen atoms in total. The zero-order valence-corrected chi connectivity index (χ0v) is 13.6. The van der Waals surface area contributed by atoms with Crippen molar-refractivity contribution in [2.45, 2.75) is 37.1 Å². The van der Waals surface area contributed by atoms with Crippen molar-refractivity contribution >= 4 is 12.1 Å². The first-order valence-electron chi connectivity index (χ1n) is 8.02. The molecule has 0 spiro atoms. The van der Waals surface area contributed by atoms with E-state index in [1.165, 1.54) is 7.11 Å². The van der Waals surface area contributed by atoms with Gasteiger partial charge in [0.25, 0.3) is 0 Å². The number of methoxy groups -OCH3 is 1. The molecule has 24 heavy (non-hydrogen) atoms. The number of piperidine rings is 1. The highest BCUT2D eigenvalue weighted by molar-refractivity contribution is 5.86. The molecule has 1 amide bonds. The SMILES string of the molecule is COC(=O)C1(NC(=O)OCc2ccccc2)CC2COCC(C1)N2. The van der Waals surface area contributed by atoms with Gasteiger partial charge in [0, 0.05) is 12.1 Å². The van der Waals surface area contributed by atoms with E-state index < -0.39 is 17.6 Å². The summed E-state index contributed by atoms with van der Waals surface area (Å²) in [4.78, 5) is 24.6. The first-order valence-corrected chi connectivity index (χ1v) is 8.02. The number of hydrogen-bond donors (Lipinski definition) is 2. The minimum absolute atomic E-state index is 0.00558. The van der Waals surface area contributed by atoms with E-state index in [0.717, 1.165) is 5.56 Å². The molecule has 2 fully saturated rings. The van der Waals surface area contributed by atoms with Gasteiger partial charge in [-0.25, -0.2) is 9.59 Å². The summed E-state index contributed by atoms with van der Waals surface area (Å²) < 4.78 is 15.7. The number of esters is 1. The highest BCUT2D eigenvalue weighted by Crippen LogP contribution is 2.29. The summed E-state index contributed by atoms with van der Waals surface area (Å²) in [5.74, 6) is -0.447. The molecular formula is C17H22N2O5. The van der Waals surface area contributed by atoms with Crippen LogP contribution < -0.4 is 10.6 Å². The van der Waals surface area contributed by atoms with E-state index in [1.54, 1.807) is 0 Å². The zero-order chi connectivity index (χ0) is 17.0. The van der Waals surface area contributed by atoms with E-state index in [0.29, 0.717) is 26.1 Å². The van der Waals surface area contributed by atoms with Gasteiger partial charge in [-0.1, -0.05) is 30.3 Å². The standard InChI is InChI=1S/C17H22N2O5/c1-22-15(20)17(7-13-10-23-11-14(8-17)18-13)19-16(21)24-9-12-5-3-2-4-6-12/h2-6,13-14,18H,7-11H2,1H3,(H,19,21). The van der Waals surface area contributed by atoms with Crippen LogP contribution in [0.15, 0.2) is 30.3 Å². The maximum atomic E-state index is 12.4. The van der Waals surface area contributed by atoms with Crippen molar-refractivity contribution in [3.63, 3.8) is 0 Å². The van der Waals surface area contributed by atoms with Crippen LogP contribution in [0.3, 0.4) is 0 Å². The number of amides is 1. The molecule has 130 valence electrons. The van der Waals surface area contributed by atoms with E-state index in [2.05, 4.69) is 10.6 Å².